The number of benzene rings is 2. The number of pyridine rings is 1. The fourth-order valence-electron chi connectivity index (χ4n) is 3.10. The minimum absolute atomic E-state index is 0.0333. The van der Waals surface area contributed by atoms with Gasteiger partial charge in [-0.25, -0.2) is 23.1 Å². The second kappa shape index (κ2) is 10.7. The Bertz CT molecular complexity index is 1460. The van der Waals surface area contributed by atoms with E-state index in [1.165, 1.54) is 30.6 Å². The van der Waals surface area contributed by atoms with E-state index in [1.807, 2.05) is 0 Å². The Morgan fingerprint density at radius 2 is 1.80 bits per heavy atom. The Hall–Kier alpha value is -3.66. The topological polar surface area (TPSA) is 105 Å². The number of halogens is 2. The van der Waals surface area contributed by atoms with Crippen molar-refractivity contribution in [2.24, 2.45) is 5.10 Å². The van der Waals surface area contributed by atoms with Crippen LogP contribution in [-0.2, 0) is 14.8 Å². The second-order valence-corrected chi connectivity index (χ2v) is 9.84. The van der Waals surface area contributed by atoms with Crippen LogP contribution in [0.4, 0.5) is 5.82 Å². The molecule has 4 rings (SSSR count). The van der Waals surface area contributed by atoms with Gasteiger partial charge < -0.3 is 4.42 Å². The van der Waals surface area contributed by atoms with Crippen molar-refractivity contribution >= 4 is 51.2 Å². The van der Waals surface area contributed by atoms with Crippen LogP contribution in [0.2, 0.25) is 10.0 Å². The third-order valence-electron chi connectivity index (χ3n) is 4.73. The Kier molecular flexibility index (Phi) is 7.50. The largest absolute Gasteiger partial charge is 0.455 e. The molecule has 0 aliphatic carbocycles. The Morgan fingerprint density at radius 1 is 1.03 bits per heavy atom. The highest BCUT2D eigenvalue weighted by Crippen LogP contribution is 2.31. The number of hydrogen-bond acceptors (Lipinski definition) is 6. The van der Waals surface area contributed by atoms with Crippen molar-refractivity contribution in [3.8, 4) is 11.3 Å². The number of hydrogen-bond donors (Lipinski definition) is 1. The van der Waals surface area contributed by atoms with Crippen LogP contribution in [0.1, 0.15) is 5.76 Å². The van der Waals surface area contributed by atoms with E-state index >= 15 is 0 Å². The summed E-state index contributed by atoms with van der Waals surface area (Å²) in [5, 5.41) is 4.80. The smallest absolute Gasteiger partial charge is 0.265 e. The van der Waals surface area contributed by atoms with Gasteiger partial charge in [0, 0.05) is 16.8 Å². The first-order valence-electron chi connectivity index (χ1n) is 10.2. The summed E-state index contributed by atoms with van der Waals surface area (Å²) < 4.78 is 33.0. The highest BCUT2D eigenvalue weighted by molar-refractivity contribution is 7.92. The summed E-state index contributed by atoms with van der Waals surface area (Å²) in [5.41, 5.74) is 2.97. The average molecular weight is 529 g/mol. The molecule has 0 unspecified atom stereocenters. The SMILES string of the molecule is O=C(CN(c1ccccn1)S(=O)(=O)c1ccccc1)N/N=C\c1ccc(-c2ccc(Cl)cc2Cl)o1. The molecule has 2 heterocycles. The first kappa shape index (κ1) is 24.5. The van der Waals surface area contributed by atoms with Crippen LogP contribution in [0.5, 0.6) is 0 Å². The van der Waals surface area contributed by atoms with E-state index in [0.717, 1.165) is 4.31 Å². The number of rotatable bonds is 8. The second-order valence-electron chi connectivity index (χ2n) is 7.13. The molecule has 0 aliphatic heterocycles. The van der Waals surface area contributed by atoms with Crippen LogP contribution < -0.4 is 9.73 Å². The molecule has 2 aromatic heterocycles. The molecule has 0 atom stereocenters. The summed E-state index contributed by atoms with van der Waals surface area (Å²) in [6.07, 6.45) is 2.74. The summed E-state index contributed by atoms with van der Waals surface area (Å²) in [6.45, 7) is -0.532. The summed E-state index contributed by atoms with van der Waals surface area (Å²) >= 11 is 12.1. The quantitative estimate of drug-likeness (QED) is 0.256. The Labute approximate surface area is 211 Å². The van der Waals surface area contributed by atoms with Gasteiger partial charge in [0.1, 0.15) is 23.9 Å². The monoisotopic (exact) mass is 528 g/mol. The predicted octanol–water partition coefficient (Wildman–Crippen LogP) is 4.99. The van der Waals surface area contributed by atoms with Crippen molar-refractivity contribution in [1.82, 2.24) is 10.4 Å². The van der Waals surface area contributed by atoms with E-state index in [9.17, 15) is 13.2 Å². The number of nitrogens with one attached hydrogen (secondary N) is 1. The van der Waals surface area contributed by atoms with Gasteiger partial charge in [-0.3, -0.25) is 4.79 Å². The minimum Gasteiger partial charge on any atom is -0.455 e. The molecule has 11 heteroatoms. The van der Waals surface area contributed by atoms with Crippen LogP contribution in [0, 0.1) is 0 Å². The molecule has 0 spiro atoms. The lowest BCUT2D eigenvalue weighted by molar-refractivity contribution is -0.119. The zero-order valence-electron chi connectivity index (χ0n) is 18.0. The lowest BCUT2D eigenvalue weighted by Gasteiger charge is -2.22. The summed E-state index contributed by atoms with van der Waals surface area (Å²) in [4.78, 5) is 16.7. The average Bonchev–Trinajstić information content (AvgIpc) is 3.32. The maximum absolute atomic E-state index is 13.2. The number of carbonyl (C=O) groups is 1. The van der Waals surface area contributed by atoms with Crippen molar-refractivity contribution in [3.05, 3.63) is 101 Å². The molecule has 35 heavy (non-hydrogen) atoms. The third kappa shape index (κ3) is 5.89. The number of carbonyl (C=O) groups excluding carboxylic acids is 1. The number of sulfonamides is 1. The van der Waals surface area contributed by atoms with Gasteiger partial charge in [-0.05, 0) is 54.6 Å². The van der Waals surface area contributed by atoms with E-state index in [4.69, 9.17) is 27.6 Å². The molecule has 8 nitrogen and oxygen atoms in total. The van der Waals surface area contributed by atoms with Crippen molar-refractivity contribution < 1.29 is 17.6 Å². The molecule has 1 N–H and O–H groups in total. The van der Waals surface area contributed by atoms with Crippen LogP contribution >= 0.6 is 23.2 Å². The van der Waals surface area contributed by atoms with Crippen molar-refractivity contribution in [3.63, 3.8) is 0 Å². The first-order chi connectivity index (χ1) is 16.8. The molecule has 0 bridgehead atoms. The highest BCUT2D eigenvalue weighted by Gasteiger charge is 2.27. The minimum atomic E-state index is -4.04. The maximum atomic E-state index is 13.2. The molecule has 178 valence electrons. The summed E-state index contributed by atoms with van der Waals surface area (Å²) in [7, 11) is -4.04. The molecule has 0 saturated heterocycles. The van der Waals surface area contributed by atoms with E-state index in [-0.39, 0.29) is 10.7 Å². The van der Waals surface area contributed by atoms with Crippen LogP contribution in [0.25, 0.3) is 11.3 Å². The van der Waals surface area contributed by atoms with E-state index in [2.05, 4.69) is 15.5 Å². The number of anilines is 1. The lowest BCUT2D eigenvalue weighted by Crippen LogP contribution is -2.40. The summed E-state index contributed by atoms with van der Waals surface area (Å²) in [5.74, 6) is 0.282. The predicted molar refractivity (Wildman–Crippen MR) is 135 cm³/mol. The normalized spacial score (nSPS) is 11.5. The van der Waals surface area contributed by atoms with Gasteiger partial charge >= 0.3 is 0 Å². The fourth-order valence-corrected chi connectivity index (χ4v) is 5.00. The van der Waals surface area contributed by atoms with Gasteiger partial charge in [0.25, 0.3) is 15.9 Å². The van der Waals surface area contributed by atoms with Crippen LogP contribution in [0.3, 0.4) is 0 Å². The molecule has 0 saturated carbocycles. The van der Waals surface area contributed by atoms with Crippen LogP contribution in [-0.4, -0.2) is 32.1 Å². The van der Waals surface area contributed by atoms with Gasteiger partial charge in [0.2, 0.25) is 0 Å². The van der Waals surface area contributed by atoms with Crippen molar-refractivity contribution in [2.45, 2.75) is 4.90 Å². The highest BCUT2D eigenvalue weighted by atomic mass is 35.5. The maximum Gasteiger partial charge on any atom is 0.265 e. The molecule has 0 aliphatic rings. The van der Waals surface area contributed by atoms with E-state index in [0.29, 0.717) is 27.1 Å². The standard InChI is InChI=1S/C24H18Cl2N4O4S/c25-17-9-11-20(21(26)14-17)22-12-10-18(34-22)15-28-29-24(31)16-30(23-8-4-5-13-27-23)35(32,33)19-6-2-1-3-7-19/h1-15H,16H2,(H,29,31)/b28-15-. The molecular formula is C24H18Cl2N4O4S. The van der Waals surface area contributed by atoms with Crippen LogP contribution in [0.15, 0.2) is 99.5 Å². The number of amides is 1. The molecular weight excluding hydrogens is 511 g/mol. The number of aromatic nitrogens is 1. The Balaban J connectivity index is 1.47. The van der Waals surface area contributed by atoms with Gasteiger partial charge in [-0.2, -0.15) is 5.10 Å². The first-order valence-corrected chi connectivity index (χ1v) is 12.4. The lowest BCUT2D eigenvalue weighted by atomic mass is 10.2. The Morgan fingerprint density at radius 3 is 2.51 bits per heavy atom. The number of hydrazone groups is 1. The zero-order valence-corrected chi connectivity index (χ0v) is 20.3. The molecule has 2 aromatic carbocycles. The molecule has 4 aromatic rings. The third-order valence-corrected chi connectivity index (χ3v) is 7.04. The van der Waals surface area contributed by atoms with Crippen molar-refractivity contribution in [2.75, 3.05) is 10.8 Å². The van der Waals surface area contributed by atoms with Gasteiger partial charge in [0.05, 0.1) is 16.1 Å². The number of furan rings is 1. The van der Waals surface area contributed by atoms with Crippen molar-refractivity contribution in [1.29, 1.82) is 0 Å². The van der Waals surface area contributed by atoms with Gasteiger partial charge in [0.15, 0.2) is 0 Å². The molecule has 0 fully saturated rings. The van der Waals surface area contributed by atoms with Gasteiger partial charge in [-0.15, -0.1) is 0 Å². The molecule has 1 amide bonds. The fraction of sp³-hybridized carbons (Fsp3) is 0.0417. The molecule has 0 radical (unpaired) electrons. The zero-order chi connectivity index (χ0) is 24.8. The van der Waals surface area contributed by atoms with E-state index in [1.54, 1.807) is 60.7 Å². The number of nitrogens with zero attached hydrogens (tertiary/aromatic N) is 3. The van der Waals surface area contributed by atoms with Gasteiger partial charge in [-0.1, -0.05) is 47.5 Å². The van der Waals surface area contributed by atoms with E-state index < -0.39 is 22.5 Å². The summed E-state index contributed by atoms with van der Waals surface area (Å²) in [6, 6.07) is 21.0.